The minimum Gasteiger partial charge on any atom is -0.496 e. The SMILES string of the molecule is COC(=O)c1ccc(OCC(=O)N[C@@H](C)c2ccccc2OC)cc1. The predicted octanol–water partition coefficient (Wildman–Crippen LogP) is 2.74. The molecule has 132 valence electrons. The molecule has 0 aliphatic carbocycles. The van der Waals surface area contributed by atoms with E-state index in [1.165, 1.54) is 7.11 Å². The number of rotatable bonds is 7. The van der Waals surface area contributed by atoms with Gasteiger partial charge in [-0.25, -0.2) is 4.79 Å². The molecule has 0 bridgehead atoms. The first kappa shape index (κ1) is 18.3. The third kappa shape index (κ3) is 4.97. The van der Waals surface area contributed by atoms with E-state index in [1.807, 2.05) is 31.2 Å². The first-order valence-electron chi connectivity index (χ1n) is 7.78. The van der Waals surface area contributed by atoms with E-state index in [0.29, 0.717) is 11.3 Å². The Hall–Kier alpha value is -3.02. The van der Waals surface area contributed by atoms with Crippen LogP contribution in [0.15, 0.2) is 48.5 Å². The number of hydrogen-bond acceptors (Lipinski definition) is 5. The highest BCUT2D eigenvalue weighted by Gasteiger charge is 2.14. The zero-order valence-corrected chi connectivity index (χ0v) is 14.4. The van der Waals surface area contributed by atoms with Crippen LogP contribution in [0.1, 0.15) is 28.9 Å². The van der Waals surface area contributed by atoms with E-state index in [9.17, 15) is 9.59 Å². The smallest absolute Gasteiger partial charge is 0.337 e. The van der Waals surface area contributed by atoms with Gasteiger partial charge in [-0.15, -0.1) is 0 Å². The van der Waals surface area contributed by atoms with Crippen molar-refractivity contribution in [2.75, 3.05) is 20.8 Å². The van der Waals surface area contributed by atoms with Crippen LogP contribution in [-0.4, -0.2) is 32.7 Å². The summed E-state index contributed by atoms with van der Waals surface area (Å²) in [7, 11) is 2.91. The summed E-state index contributed by atoms with van der Waals surface area (Å²) < 4.78 is 15.4. The summed E-state index contributed by atoms with van der Waals surface area (Å²) in [6.45, 7) is 1.75. The maximum atomic E-state index is 12.1. The fraction of sp³-hybridized carbons (Fsp3) is 0.263. The highest BCUT2D eigenvalue weighted by Crippen LogP contribution is 2.24. The number of benzene rings is 2. The van der Waals surface area contributed by atoms with E-state index in [4.69, 9.17) is 9.47 Å². The lowest BCUT2D eigenvalue weighted by molar-refractivity contribution is -0.123. The van der Waals surface area contributed by atoms with E-state index in [0.717, 1.165) is 11.3 Å². The van der Waals surface area contributed by atoms with Crippen LogP contribution in [0.4, 0.5) is 0 Å². The number of amides is 1. The Bertz CT molecular complexity index is 727. The van der Waals surface area contributed by atoms with Gasteiger partial charge in [0.25, 0.3) is 5.91 Å². The minimum absolute atomic E-state index is 0.128. The number of hydrogen-bond donors (Lipinski definition) is 1. The molecule has 0 spiro atoms. The molecule has 0 heterocycles. The lowest BCUT2D eigenvalue weighted by Gasteiger charge is -2.17. The Kier molecular flexibility index (Phi) is 6.39. The van der Waals surface area contributed by atoms with Crippen molar-refractivity contribution in [3.63, 3.8) is 0 Å². The molecular weight excluding hydrogens is 322 g/mol. The lowest BCUT2D eigenvalue weighted by Crippen LogP contribution is -2.31. The number of para-hydroxylation sites is 1. The van der Waals surface area contributed by atoms with Crippen molar-refractivity contribution in [3.8, 4) is 11.5 Å². The van der Waals surface area contributed by atoms with Crippen LogP contribution in [-0.2, 0) is 9.53 Å². The van der Waals surface area contributed by atoms with Gasteiger partial charge in [-0.1, -0.05) is 18.2 Å². The van der Waals surface area contributed by atoms with Crippen LogP contribution < -0.4 is 14.8 Å². The molecule has 6 nitrogen and oxygen atoms in total. The third-order valence-electron chi connectivity index (χ3n) is 3.63. The van der Waals surface area contributed by atoms with E-state index >= 15 is 0 Å². The number of carbonyl (C=O) groups is 2. The fourth-order valence-corrected chi connectivity index (χ4v) is 2.34. The minimum atomic E-state index is -0.421. The van der Waals surface area contributed by atoms with Gasteiger partial charge in [0.15, 0.2) is 6.61 Å². The molecule has 0 saturated heterocycles. The summed E-state index contributed by atoms with van der Waals surface area (Å²) >= 11 is 0. The second-order valence-corrected chi connectivity index (χ2v) is 5.34. The molecule has 6 heteroatoms. The van der Waals surface area contributed by atoms with Gasteiger partial charge in [0.2, 0.25) is 0 Å². The van der Waals surface area contributed by atoms with Gasteiger partial charge in [-0.2, -0.15) is 0 Å². The lowest BCUT2D eigenvalue weighted by atomic mass is 10.1. The normalized spacial score (nSPS) is 11.3. The first-order chi connectivity index (χ1) is 12.0. The second-order valence-electron chi connectivity index (χ2n) is 5.34. The molecule has 0 fully saturated rings. The van der Waals surface area contributed by atoms with Crippen LogP contribution in [0.25, 0.3) is 0 Å². The van der Waals surface area contributed by atoms with Gasteiger partial charge in [0.05, 0.1) is 25.8 Å². The topological polar surface area (TPSA) is 73.9 Å². The van der Waals surface area contributed by atoms with Gasteiger partial charge >= 0.3 is 5.97 Å². The third-order valence-corrected chi connectivity index (χ3v) is 3.63. The largest absolute Gasteiger partial charge is 0.496 e. The molecule has 0 unspecified atom stereocenters. The molecule has 1 atom stereocenters. The van der Waals surface area contributed by atoms with Crippen LogP contribution >= 0.6 is 0 Å². The molecule has 1 N–H and O–H groups in total. The second kappa shape index (κ2) is 8.73. The van der Waals surface area contributed by atoms with Crippen molar-refractivity contribution in [2.45, 2.75) is 13.0 Å². The Morgan fingerprint density at radius 1 is 1.04 bits per heavy atom. The Balaban J connectivity index is 1.89. The highest BCUT2D eigenvalue weighted by atomic mass is 16.5. The Morgan fingerprint density at radius 2 is 1.72 bits per heavy atom. The number of carbonyl (C=O) groups excluding carboxylic acids is 2. The molecule has 0 aromatic heterocycles. The van der Waals surface area contributed by atoms with Crippen LogP contribution in [0.5, 0.6) is 11.5 Å². The standard InChI is InChI=1S/C19H21NO5/c1-13(16-6-4-5-7-17(16)23-2)20-18(21)12-25-15-10-8-14(9-11-15)19(22)24-3/h4-11,13H,12H2,1-3H3,(H,20,21)/t13-/m0/s1. The number of ether oxygens (including phenoxy) is 3. The van der Waals surface area contributed by atoms with Crippen molar-refractivity contribution in [2.24, 2.45) is 0 Å². The van der Waals surface area contributed by atoms with Crippen molar-refractivity contribution in [1.82, 2.24) is 5.32 Å². The molecule has 2 aromatic rings. The summed E-state index contributed by atoms with van der Waals surface area (Å²) in [5.41, 5.74) is 1.31. The van der Waals surface area contributed by atoms with Gasteiger partial charge in [-0.05, 0) is 37.3 Å². The molecule has 0 saturated carbocycles. The van der Waals surface area contributed by atoms with E-state index < -0.39 is 5.97 Å². The zero-order valence-electron chi connectivity index (χ0n) is 14.4. The molecule has 2 aromatic carbocycles. The van der Waals surface area contributed by atoms with Gasteiger partial charge in [0, 0.05) is 5.56 Å². The molecule has 0 aliphatic rings. The number of nitrogens with one attached hydrogen (secondary N) is 1. The number of esters is 1. The predicted molar refractivity (Wildman–Crippen MR) is 92.8 cm³/mol. The maximum Gasteiger partial charge on any atom is 0.337 e. The van der Waals surface area contributed by atoms with Crippen LogP contribution in [0.2, 0.25) is 0 Å². The molecule has 2 rings (SSSR count). The average Bonchev–Trinajstić information content (AvgIpc) is 2.66. The quantitative estimate of drug-likeness (QED) is 0.783. The summed E-state index contributed by atoms with van der Waals surface area (Å²) in [5.74, 6) is 0.535. The Morgan fingerprint density at radius 3 is 2.36 bits per heavy atom. The Labute approximate surface area is 146 Å². The van der Waals surface area contributed by atoms with Crippen LogP contribution in [0, 0.1) is 0 Å². The monoisotopic (exact) mass is 343 g/mol. The molecule has 0 radical (unpaired) electrons. The summed E-state index contributed by atoms with van der Waals surface area (Å²) in [6.07, 6.45) is 0. The highest BCUT2D eigenvalue weighted by molar-refractivity contribution is 5.89. The van der Waals surface area contributed by atoms with Gasteiger partial charge < -0.3 is 19.5 Å². The summed E-state index contributed by atoms with van der Waals surface area (Å²) in [4.78, 5) is 23.4. The molecular formula is C19H21NO5. The average molecular weight is 343 g/mol. The molecule has 0 aliphatic heterocycles. The van der Waals surface area contributed by atoms with E-state index in [1.54, 1.807) is 31.4 Å². The van der Waals surface area contributed by atoms with Crippen molar-refractivity contribution in [1.29, 1.82) is 0 Å². The van der Waals surface area contributed by atoms with Crippen molar-refractivity contribution >= 4 is 11.9 Å². The fourth-order valence-electron chi connectivity index (χ4n) is 2.34. The van der Waals surface area contributed by atoms with Gasteiger partial charge in [0.1, 0.15) is 11.5 Å². The van der Waals surface area contributed by atoms with Crippen LogP contribution in [0.3, 0.4) is 0 Å². The van der Waals surface area contributed by atoms with E-state index in [-0.39, 0.29) is 18.6 Å². The van der Waals surface area contributed by atoms with Crippen molar-refractivity contribution in [3.05, 3.63) is 59.7 Å². The number of methoxy groups -OCH3 is 2. The maximum absolute atomic E-state index is 12.1. The first-order valence-corrected chi connectivity index (χ1v) is 7.78. The molecule has 1 amide bonds. The zero-order chi connectivity index (χ0) is 18.2. The molecule has 25 heavy (non-hydrogen) atoms. The summed E-state index contributed by atoms with van der Waals surface area (Å²) in [6, 6.07) is 13.7. The van der Waals surface area contributed by atoms with Gasteiger partial charge in [-0.3, -0.25) is 4.79 Å². The summed E-state index contributed by atoms with van der Waals surface area (Å²) in [5, 5.41) is 2.86. The van der Waals surface area contributed by atoms with Crippen molar-refractivity contribution < 1.29 is 23.8 Å². The van der Waals surface area contributed by atoms with E-state index in [2.05, 4.69) is 10.1 Å².